The van der Waals surface area contributed by atoms with E-state index in [1.165, 1.54) is 6.33 Å². The Morgan fingerprint density at radius 2 is 2.09 bits per heavy atom. The molecule has 0 aliphatic rings. The van der Waals surface area contributed by atoms with Crippen LogP contribution in [-0.4, -0.2) is 29.2 Å². The lowest BCUT2D eigenvalue weighted by atomic mass is 10.2. The van der Waals surface area contributed by atoms with E-state index in [-0.39, 0.29) is 5.97 Å². The number of carbonyl (C=O) groups excluding carboxylic acids is 1. The quantitative estimate of drug-likeness (QED) is 0.790. The minimum atomic E-state index is -0.378. The zero-order valence-electron chi connectivity index (χ0n) is 12.5. The number of carbonyl (C=O) groups is 1. The van der Waals surface area contributed by atoms with Crippen molar-refractivity contribution in [2.45, 2.75) is 13.8 Å². The van der Waals surface area contributed by atoms with Crippen LogP contribution in [0, 0.1) is 0 Å². The summed E-state index contributed by atoms with van der Waals surface area (Å²) >= 11 is 0. The molecule has 0 bridgehead atoms. The number of aromatic nitrogens is 2. The van der Waals surface area contributed by atoms with Gasteiger partial charge in [-0.25, -0.2) is 9.78 Å². The zero-order valence-corrected chi connectivity index (χ0v) is 12.5. The van der Waals surface area contributed by atoms with Crippen LogP contribution in [-0.2, 0) is 4.74 Å². The molecule has 1 aromatic heterocycles. The Labute approximate surface area is 128 Å². The summed E-state index contributed by atoms with van der Waals surface area (Å²) in [6.45, 7) is 4.39. The molecular weight excluding hydrogens is 284 g/mol. The summed E-state index contributed by atoms with van der Waals surface area (Å²) in [5.74, 6) is 0.359. The number of hydrogen-bond acceptors (Lipinski definition) is 7. The highest BCUT2D eigenvalue weighted by Gasteiger charge is 2.11. The molecule has 3 N–H and O–H groups in total. The molecular formula is C15H18N4O3. The van der Waals surface area contributed by atoms with E-state index in [1.807, 2.05) is 6.92 Å². The molecule has 0 saturated heterocycles. The highest BCUT2D eigenvalue weighted by atomic mass is 16.5. The minimum Gasteiger partial charge on any atom is -0.476 e. The van der Waals surface area contributed by atoms with Gasteiger partial charge < -0.3 is 20.5 Å². The van der Waals surface area contributed by atoms with Gasteiger partial charge in [-0.2, -0.15) is 4.98 Å². The number of benzene rings is 1. The monoisotopic (exact) mass is 302 g/mol. The number of anilines is 3. The van der Waals surface area contributed by atoms with Gasteiger partial charge in [-0.05, 0) is 32.0 Å². The molecule has 116 valence electrons. The smallest absolute Gasteiger partial charge is 0.338 e. The van der Waals surface area contributed by atoms with E-state index in [9.17, 15) is 4.79 Å². The van der Waals surface area contributed by atoms with Crippen molar-refractivity contribution >= 4 is 23.2 Å². The molecule has 7 nitrogen and oxygen atoms in total. The normalized spacial score (nSPS) is 10.1. The fourth-order valence-electron chi connectivity index (χ4n) is 1.81. The number of nitrogens with zero attached hydrogens (tertiary/aromatic N) is 2. The van der Waals surface area contributed by atoms with Crippen molar-refractivity contribution in [1.82, 2.24) is 9.97 Å². The maximum absolute atomic E-state index is 11.7. The van der Waals surface area contributed by atoms with Crippen molar-refractivity contribution in [1.29, 1.82) is 0 Å². The molecule has 0 aliphatic carbocycles. The summed E-state index contributed by atoms with van der Waals surface area (Å²) in [5, 5.41) is 3.04. The first-order valence-corrected chi connectivity index (χ1v) is 6.93. The highest BCUT2D eigenvalue weighted by Crippen LogP contribution is 2.27. The van der Waals surface area contributed by atoms with Crippen LogP contribution in [0.5, 0.6) is 5.88 Å². The van der Waals surface area contributed by atoms with Crippen LogP contribution in [0.4, 0.5) is 17.2 Å². The number of nitrogen functional groups attached to an aromatic ring is 1. The van der Waals surface area contributed by atoms with Crippen LogP contribution in [0.2, 0.25) is 0 Å². The second kappa shape index (κ2) is 7.26. The lowest BCUT2D eigenvalue weighted by molar-refractivity contribution is 0.0526. The van der Waals surface area contributed by atoms with E-state index < -0.39 is 0 Å². The van der Waals surface area contributed by atoms with Crippen molar-refractivity contribution in [3.63, 3.8) is 0 Å². The van der Waals surface area contributed by atoms with Crippen molar-refractivity contribution in [3.8, 4) is 5.88 Å². The van der Waals surface area contributed by atoms with Crippen LogP contribution >= 0.6 is 0 Å². The minimum absolute atomic E-state index is 0.311. The fourth-order valence-corrected chi connectivity index (χ4v) is 1.81. The molecule has 2 aromatic rings. The van der Waals surface area contributed by atoms with Crippen LogP contribution in [0.15, 0.2) is 30.6 Å². The summed E-state index contributed by atoms with van der Waals surface area (Å²) in [5.41, 5.74) is 7.38. The Hall–Kier alpha value is -2.83. The van der Waals surface area contributed by atoms with Crippen LogP contribution in [0.1, 0.15) is 24.2 Å². The number of rotatable bonds is 6. The van der Waals surface area contributed by atoms with E-state index in [4.69, 9.17) is 15.2 Å². The molecule has 0 fully saturated rings. The number of esters is 1. The maximum atomic E-state index is 11.7. The molecule has 0 unspecified atom stereocenters. The van der Waals surface area contributed by atoms with E-state index in [1.54, 1.807) is 31.2 Å². The summed E-state index contributed by atoms with van der Waals surface area (Å²) < 4.78 is 10.3. The molecule has 2 rings (SSSR count). The van der Waals surface area contributed by atoms with Gasteiger partial charge in [0.15, 0.2) is 5.82 Å². The summed E-state index contributed by atoms with van der Waals surface area (Å²) in [6.07, 6.45) is 1.36. The third-order valence-corrected chi connectivity index (χ3v) is 2.76. The summed E-state index contributed by atoms with van der Waals surface area (Å²) in [7, 11) is 0. The number of ether oxygens (including phenoxy) is 2. The van der Waals surface area contributed by atoms with Crippen LogP contribution < -0.4 is 15.8 Å². The third-order valence-electron chi connectivity index (χ3n) is 2.76. The van der Waals surface area contributed by atoms with Gasteiger partial charge in [0.25, 0.3) is 0 Å². The third kappa shape index (κ3) is 3.63. The van der Waals surface area contributed by atoms with E-state index in [0.717, 1.165) is 0 Å². The summed E-state index contributed by atoms with van der Waals surface area (Å²) in [4.78, 5) is 19.8. The largest absolute Gasteiger partial charge is 0.476 e. The molecule has 1 aromatic carbocycles. The number of nitrogens with two attached hydrogens (primary N) is 1. The SMILES string of the molecule is CCOC(=O)c1cccc(Nc2ncnc(OCC)c2N)c1. The number of hydrogen-bond donors (Lipinski definition) is 2. The lowest BCUT2D eigenvalue weighted by Gasteiger charge is -2.11. The van der Waals surface area contributed by atoms with Crippen LogP contribution in [0.3, 0.4) is 0 Å². The molecule has 0 aliphatic heterocycles. The lowest BCUT2D eigenvalue weighted by Crippen LogP contribution is -2.07. The first kappa shape index (κ1) is 15.6. The molecule has 0 atom stereocenters. The van der Waals surface area contributed by atoms with E-state index in [0.29, 0.717) is 41.8 Å². The molecule has 0 saturated carbocycles. The van der Waals surface area contributed by atoms with Crippen LogP contribution in [0.25, 0.3) is 0 Å². The Morgan fingerprint density at radius 3 is 2.82 bits per heavy atom. The van der Waals surface area contributed by atoms with E-state index >= 15 is 0 Å². The van der Waals surface area contributed by atoms with Gasteiger partial charge in [-0.3, -0.25) is 0 Å². The Morgan fingerprint density at radius 1 is 1.27 bits per heavy atom. The van der Waals surface area contributed by atoms with Gasteiger partial charge in [0.2, 0.25) is 5.88 Å². The van der Waals surface area contributed by atoms with Gasteiger partial charge in [0.05, 0.1) is 18.8 Å². The van der Waals surface area contributed by atoms with Crippen molar-refractivity contribution in [2.75, 3.05) is 24.3 Å². The average molecular weight is 302 g/mol. The average Bonchev–Trinajstić information content (AvgIpc) is 2.52. The van der Waals surface area contributed by atoms with Crippen molar-refractivity contribution in [2.24, 2.45) is 0 Å². The van der Waals surface area contributed by atoms with Gasteiger partial charge in [0.1, 0.15) is 12.0 Å². The molecule has 0 amide bonds. The first-order chi connectivity index (χ1) is 10.7. The topological polar surface area (TPSA) is 99.4 Å². The molecule has 1 heterocycles. The van der Waals surface area contributed by atoms with Gasteiger partial charge in [-0.15, -0.1) is 0 Å². The van der Waals surface area contributed by atoms with Gasteiger partial charge in [0, 0.05) is 5.69 Å². The zero-order chi connectivity index (χ0) is 15.9. The molecule has 0 spiro atoms. The van der Waals surface area contributed by atoms with E-state index in [2.05, 4.69) is 15.3 Å². The molecule has 0 radical (unpaired) electrons. The highest BCUT2D eigenvalue weighted by molar-refractivity contribution is 5.91. The van der Waals surface area contributed by atoms with Crippen molar-refractivity contribution in [3.05, 3.63) is 36.2 Å². The predicted molar refractivity (Wildman–Crippen MR) is 83.3 cm³/mol. The molecule has 7 heteroatoms. The van der Waals surface area contributed by atoms with Gasteiger partial charge >= 0.3 is 5.97 Å². The summed E-state index contributed by atoms with van der Waals surface area (Å²) in [6, 6.07) is 6.89. The first-order valence-electron chi connectivity index (χ1n) is 6.93. The van der Waals surface area contributed by atoms with Crippen molar-refractivity contribution < 1.29 is 14.3 Å². The Kier molecular flexibility index (Phi) is 5.13. The second-order valence-electron chi connectivity index (χ2n) is 4.30. The second-order valence-corrected chi connectivity index (χ2v) is 4.30. The Bertz CT molecular complexity index is 661. The standard InChI is InChI=1S/C15H18N4O3/c1-3-21-14-12(16)13(17-9-18-14)19-11-7-5-6-10(8-11)15(20)22-4-2/h5-9H,3-4,16H2,1-2H3,(H,17,18,19). The fraction of sp³-hybridized carbons (Fsp3) is 0.267. The Balaban J connectivity index is 2.22. The predicted octanol–water partition coefficient (Wildman–Crippen LogP) is 2.38. The van der Waals surface area contributed by atoms with Gasteiger partial charge in [-0.1, -0.05) is 6.07 Å². The number of nitrogens with one attached hydrogen (secondary N) is 1. The maximum Gasteiger partial charge on any atom is 0.338 e. The molecule has 22 heavy (non-hydrogen) atoms.